The zero-order valence-corrected chi connectivity index (χ0v) is 15.0. The Kier molecular flexibility index (Phi) is 5.94. The number of carbonyl (C=O) groups excluding carboxylic acids is 1. The number of benzene rings is 1. The van der Waals surface area contributed by atoms with Gasteiger partial charge in [-0.05, 0) is 36.6 Å². The molecule has 1 aromatic heterocycles. The third kappa shape index (κ3) is 4.96. The lowest BCUT2D eigenvalue weighted by Crippen LogP contribution is -2.48. The van der Waals surface area contributed by atoms with Crippen LogP contribution >= 0.6 is 23.2 Å². The van der Waals surface area contributed by atoms with E-state index < -0.39 is 0 Å². The highest BCUT2D eigenvalue weighted by molar-refractivity contribution is 6.35. The molecular formula is C17H18Cl2N4O2. The lowest BCUT2D eigenvalue weighted by Gasteiger charge is -2.32. The zero-order chi connectivity index (χ0) is 17.6. The second kappa shape index (κ2) is 8.36. The Labute approximate surface area is 156 Å². The zero-order valence-electron chi connectivity index (χ0n) is 13.5. The smallest absolute Gasteiger partial charge is 0.317 e. The minimum atomic E-state index is -0.145. The average molecular weight is 381 g/mol. The predicted molar refractivity (Wildman–Crippen MR) is 96.0 cm³/mol. The van der Waals surface area contributed by atoms with E-state index >= 15 is 0 Å². The van der Waals surface area contributed by atoms with Gasteiger partial charge in [-0.2, -0.15) is 0 Å². The Morgan fingerprint density at radius 2 is 2.12 bits per heavy atom. The summed E-state index contributed by atoms with van der Waals surface area (Å²) in [6.07, 6.45) is 4.88. The minimum absolute atomic E-state index is 0.110. The maximum Gasteiger partial charge on any atom is 0.317 e. The van der Waals surface area contributed by atoms with E-state index in [0.29, 0.717) is 35.7 Å². The number of amides is 2. The molecule has 25 heavy (non-hydrogen) atoms. The molecule has 2 heterocycles. The minimum Gasteiger partial charge on any atom is -0.458 e. The summed E-state index contributed by atoms with van der Waals surface area (Å²) in [5.41, 5.74) is 0.821. The molecule has 0 spiro atoms. The SMILES string of the molecule is O=C(NCc1ccc(Cl)cc1Cl)N1CCCC(Oc2ncccn2)C1. The summed E-state index contributed by atoms with van der Waals surface area (Å²) >= 11 is 12.0. The van der Waals surface area contributed by atoms with Gasteiger partial charge in [0.15, 0.2) is 0 Å². The number of rotatable bonds is 4. The summed E-state index contributed by atoms with van der Waals surface area (Å²) in [6, 6.07) is 7.14. The van der Waals surface area contributed by atoms with Crippen molar-refractivity contribution in [2.75, 3.05) is 13.1 Å². The first kappa shape index (κ1) is 17.8. The van der Waals surface area contributed by atoms with Crippen LogP contribution in [0.25, 0.3) is 0 Å². The van der Waals surface area contributed by atoms with E-state index in [1.54, 1.807) is 41.6 Å². The molecule has 1 aliphatic heterocycles. The lowest BCUT2D eigenvalue weighted by atomic mass is 10.1. The molecule has 132 valence electrons. The molecule has 1 saturated heterocycles. The van der Waals surface area contributed by atoms with E-state index in [2.05, 4.69) is 15.3 Å². The van der Waals surface area contributed by atoms with Crippen LogP contribution in [0.5, 0.6) is 6.01 Å². The highest BCUT2D eigenvalue weighted by Gasteiger charge is 2.25. The fraction of sp³-hybridized carbons (Fsp3) is 0.353. The molecule has 1 aromatic carbocycles. The molecule has 1 N–H and O–H groups in total. The first-order valence-electron chi connectivity index (χ1n) is 8.02. The number of hydrogen-bond acceptors (Lipinski definition) is 4. The standard InChI is InChI=1S/C17H18Cl2N4O2/c18-13-5-4-12(15(19)9-13)10-22-17(24)23-8-1-3-14(11-23)25-16-20-6-2-7-21-16/h2,4-7,9,14H,1,3,8,10-11H2,(H,22,24). The third-order valence-corrected chi connectivity index (χ3v) is 4.51. The Balaban J connectivity index is 1.53. The Bertz CT molecular complexity index is 730. The van der Waals surface area contributed by atoms with Crippen LogP contribution in [0.1, 0.15) is 18.4 Å². The summed E-state index contributed by atoms with van der Waals surface area (Å²) in [5.74, 6) is 0. The molecule has 0 radical (unpaired) electrons. The van der Waals surface area contributed by atoms with Crippen LogP contribution in [0.15, 0.2) is 36.7 Å². The topological polar surface area (TPSA) is 67.4 Å². The van der Waals surface area contributed by atoms with Crippen LogP contribution in [0.4, 0.5) is 4.79 Å². The van der Waals surface area contributed by atoms with Crippen LogP contribution in [0, 0.1) is 0 Å². The third-order valence-electron chi connectivity index (χ3n) is 3.92. The number of aromatic nitrogens is 2. The molecule has 1 atom stereocenters. The summed E-state index contributed by atoms with van der Waals surface area (Å²) < 4.78 is 5.75. The lowest BCUT2D eigenvalue weighted by molar-refractivity contribution is 0.0938. The van der Waals surface area contributed by atoms with Crippen molar-refractivity contribution in [3.05, 3.63) is 52.3 Å². The van der Waals surface area contributed by atoms with Gasteiger partial charge in [-0.25, -0.2) is 14.8 Å². The van der Waals surface area contributed by atoms with Crippen LogP contribution in [0.3, 0.4) is 0 Å². The van der Waals surface area contributed by atoms with Gasteiger partial charge >= 0.3 is 12.0 Å². The quantitative estimate of drug-likeness (QED) is 0.880. The highest BCUT2D eigenvalue weighted by atomic mass is 35.5. The predicted octanol–water partition coefficient (Wildman–Crippen LogP) is 3.54. The fourth-order valence-electron chi connectivity index (χ4n) is 2.66. The van der Waals surface area contributed by atoms with Gasteiger partial charge in [-0.15, -0.1) is 0 Å². The summed E-state index contributed by atoms with van der Waals surface area (Å²) in [4.78, 5) is 22.3. The average Bonchev–Trinajstić information content (AvgIpc) is 2.62. The normalized spacial score (nSPS) is 17.2. The first-order valence-corrected chi connectivity index (χ1v) is 8.78. The molecule has 1 aliphatic rings. The van der Waals surface area contributed by atoms with Crippen LogP contribution in [0.2, 0.25) is 10.0 Å². The van der Waals surface area contributed by atoms with Crippen molar-refractivity contribution >= 4 is 29.2 Å². The number of carbonyl (C=O) groups is 1. The number of nitrogens with zero attached hydrogens (tertiary/aromatic N) is 3. The molecule has 1 fully saturated rings. The van der Waals surface area contributed by atoms with Gasteiger partial charge in [0.2, 0.25) is 0 Å². The molecule has 0 saturated carbocycles. The van der Waals surface area contributed by atoms with E-state index in [9.17, 15) is 4.79 Å². The van der Waals surface area contributed by atoms with Gasteiger partial charge in [-0.3, -0.25) is 0 Å². The van der Waals surface area contributed by atoms with Crippen molar-refractivity contribution in [1.29, 1.82) is 0 Å². The maximum atomic E-state index is 12.4. The molecule has 3 rings (SSSR count). The van der Waals surface area contributed by atoms with Crippen molar-refractivity contribution in [2.45, 2.75) is 25.5 Å². The van der Waals surface area contributed by atoms with Crippen LogP contribution in [-0.2, 0) is 6.54 Å². The Morgan fingerprint density at radius 1 is 1.32 bits per heavy atom. The highest BCUT2D eigenvalue weighted by Crippen LogP contribution is 2.21. The Hall–Kier alpha value is -2.05. The van der Waals surface area contributed by atoms with E-state index in [1.807, 2.05) is 0 Å². The van der Waals surface area contributed by atoms with Crippen molar-refractivity contribution in [1.82, 2.24) is 20.2 Å². The van der Waals surface area contributed by atoms with Crippen LogP contribution in [-0.4, -0.2) is 40.1 Å². The number of likely N-dealkylation sites (tertiary alicyclic amines) is 1. The van der Waals surface area contributed by atoms with Crippen molar-refractivity contribution < 1.29 is 9.53 Å². The van der Waals surface area contributed by atoms with E-state index in [-0.39, 0.29) is 12.1 Å². The second-order valence-corrected chi connectivity index (χ2v) is 6.60. The van der Waals surface area contributed by atoms with Gasteiger partial charge in [0.05, 0.1) is 6.54 Å². The molecule has 1 unspecified atom stereocenters. The van der Waals surface area contributed by atoms with Crippen molar-refractivity contribution in [3.8, 4) is 6.01 Å². The monoisotopic (exact) mass is 380 g/mol. The fourth-order valence-corrected chi connectivity index (χ4v) is 3.14. The van der Waals surface area contributed by atoms with Crippen molar-refractivity contribution in [2.24, 2.45) is 0 Å². The van der Waals surface area contributed by atoms with E-state index in [4.69, 9.17) is 27.9 Å². The number of piperidine rings is 1. The summed E-state index contributed by atoms with van der Waals surface area (Å²) in [6.45, 7) is 1.53. The first-order chi connectivity index (χ1) is 12.1. The van der Waals surface area contributed by atoms with Crippen molar-refractivity contribution in [3.63, 3.8) is 0 Å². The van der Waals surface area contributed by atoms with Crippen LogP contribution < -0.4 is 10.1 Å². The number of urea groups is 1. The van der Waals surface area contributed by atoms with E-state index in [0.717, 1.165) is 18.4 Å². The van der Waals surface area contributed by atoms with Gasteiger partial charge in [0, 0.05) is 35.5 Å². The molecular weight excluding hydrogens is 363 g/mol. The number of ether oxygens (including phenoxy) is 1. The Morgan fingerprint density at radius 3 is 2.88 bits per heavy atom. The molecule has 6 nitrogen and oxygen atoms in total. The van der Waals surface area contributed by atoms with Gasteiger partial charge in [0.25, 0.3) is 0 Å². The maximum absolute atomic E-state index is 12.4. The second-order valence-electron chi connectivity index (χ2n) is 5.75. The molecule has 8 heteroatoms. The molecule has 2 aromatic rings. The molecule has 0 bridgehead atoms. The van der Waals surface area contributed by atoms with Gasteiger partial charge in [-0.1, -0.05) is 29.3 Å². The molecule has 0 aliphatic carbocycles. The summed E-state index contributed by atoms with van der Waals surface area (Å²) in [5, 5.41) is 3.99. The number of nitrogens with one attached hydrogen (secondary N) is 1. The van der Waals surface area contributed by atoms with Gasteiger partial charge < -0.3 is 15.0 Å². The largest absolute Gasteiger partial charge is 0.458 e. The number of halogens is 2. The van der Waals surface area contributed by atoms with Gasteiger partial charge in [0.1, 0.15) is 6.10 Å². The number of hydrogen-bond donors (Lipinski definition) is 1. The molecule has 2 amide bonds. The van der Waals surface area contributed by atoms with E-state index in [1.165, 1.54) is 0 Å². The summed E-state index contributed by atoms with van der Waals surface area (Å²) in [7, 11) is 0.